The van der Waals surface area contributed by atoms with Crippen LogP contribution in [0.2, 0.25) is 5.02 Å². The van der Waals surface area contributed by atoms with E-state index in [2.05, 4.69) is 27.3 Å². The van der Waals surface area contributed by atoms with E-state index in [0.29, 0.717) is 6.04 Å². The molecule has 0 amide bonds. The first-order valence-electron chi connectivity index (χ1n) is 6.36. The van der Waals surface area contributed by atoms with Crippen molar-refractivity contribution in [3.8, 4) is 0 Å². The largest absolute Gasteiger partial charge is 0.382 e. The van der Waals surface area contributed by atoms with Gasteiger partial charge in [-0.3, -0.25) is 0 Å². The topological polar surface area (TPSA) is 21.3 Å². The summed E-state index contributed by atoms with van der Waals surface area (Å²) in [5.41, 5.74) is 1.19. The normalized spacial score (nSPS) is 12.7. The van der Waals surface area contributed by atoms with Crippen molar-refractivity contribution in [2.45, 2.75) is 32.2 Å². The zero-order valence-corrected chi connectivity index (χ0v) is 13.4. The SMILES string of the molecule is CCOCCCC(Cc1ccc(Br)cc1Cl)NC. The van der Waals surface area contributed by atoms with Gasteiger partial charge in [-0.15, -0.1) is 0 Å². The van der Waals surface area contributed by atoms with Crippen LogP contribution >= 0.6 is 27.5 Å². The van der Waals surface area contributed by atoms with E-state index in [1.54, 1.807) is 0 Å². The monoisotopic (exact) mass is 333 g/mol. The van der Waals surface area contributed by atoms with Gasteiger partial charge in [0, 0.05) is 28.8 Å². The minimum Gasteiger partial charge on any atom is -0.382 e. The Morgan fingerprint density at radius 2 is 2.22 bits per heavy atom. The predicted octanol–water partition coefficient (Wildman–Crippen LogP) is 4.05. The third kappa shape index (κ3) is 5.70. The highest BCUT2D eigenvalue weighted by Crippen LogP contribution is 2.23. The van der Waals surface area contributed by atoms with Crippen LogP contribution in [0.15, 0.2) is 22.7 Å². The molecule has 0 radical (unpaired) electrons. The lowest BCUT2D eigenvalue weighted by Crippen LogP contribution is -2.28. The molecule has 4 heteroatoms. The molecule has 2 nitrogen and oxygen atoms in total. The summed E-state index contributed by atoms with van der Waals surface area (Å²) in [7, 11) is 2.00. The first-order chi connectivity index (χ1) is 8.67. The molecule has 1 unspecified atom stereocenters. The van der Waals surface area contributed by atoms with E-state index in [-0.39, 0.29) is 0 Å². The lowest BCUT2D eigenvalue weighted by atomic mass is 10.0. The van der Waals surface area contributed by atoms with Crippen LogP contribution < -0.4 is 5.32 Å². The van der Waals surface area contributed by atoms with Crippen molar-refractivity contribution in [2.24, 2.45) is 0 Å². The van der Waals surface area contributed by atoms with Crippen molar-refractivity contribution in [3.63, 3.8) is 0 Å². The van der Waals surface area contributed by atoms with Crippen LogP contribution in [0.4, 0.5) is 0 Å². The standard InChI is InChI=1S/C14H21BrClNO/c1-3-18-8-4-5-13(17-2)9-11-6-7-12(15)10-14(11)16/h6-7,10,13,17H,3-5,8-9H2,1-2H3. The maximum absolute atomic E-state index is 6.23. The Hall–Kier alpha value is -0.0900. The van der Waals surface area contributed by atoms with E-state index in [4.69, 9.17) is 16.3 Å². The molecule has 0 saturated carbocycles. The molecular formula is C14H21BrClNO. The number of benzene rings is 1. The van der Waals surface area contributed by atoms with Gasteiger partial charge in [-0.2, -0.15) is 0 Å². The average Bonchev–Trinajstić information content (AvgIpc) is 2.35. The van der Waals surface area contributed by atoms with E-state index in [9.17, 15) is 0 Å². The summed E-state index contributed by atoms with van der Waals surface area (Å²) in [6.45, 7) is 3.66. The van der Waals surface area contributed by atoms with Crippen LogP contribution in [-0.4, -0.2) is 26.3 Å². The third-order valence-electron chi connectivity index (χ3n) is 2.94. The highest BCUT2D eigenvalue weighted by molar-refractivity contribution is 9.10. The van der Waals surface area contributed by atoms with Crippen LogP contribution in [0, 0.1) is 0 Å². The van der Waals surface area contributed by atoms with Crippen LogP contribution in [0.25, 0.3) is 0 Å². The number of ether oxygens (including phenoxy) is 1. The van der Waals surface area contributed by atoms with Crippen molar-refractivity contribution in [1.82, 2.24) is 5.32 Å². The number of hydrogen-bond acceptors (Lipinski definition) is 2. The summed E-state index contributed by atoms with van der Waals surface area (Å²) in [4.78, 5) is 0. The summed E-state index contributed by atoms with van der Waals surface area (Å²) in [6.07, 6.45) is 3.13. The highest BCUT2D eigenvalue weighted by atomic mass is 79.9. The maximum Gasteiger partial charge on any atom is 0.0466 e. The lowest BCUT2D eigenvalue weighted by Gasteiger charge is -2.17. The van der Waals surface area contributed by atoms with Gasteiger partial charge in [-0.05, 0) is 50.9 Å². The van der Waals surface area contributed by atoms with Crippen molar-refractivity contribution >= 4 is 27.5 Å². The zero-order valence-electron chi connectivity index (χ0n) is 11.0. The van der Waals surface area contributed by atoms with Gasteiger partial charge < -0.3 is 10.1 Å². The molecule has 0 aromatic heterocycles. The van der Waals surface area contributed by atoms with Gasteiger partial charge in [0.05, 0.1) is 0 Å². The molecule has 0 heterocycles. The van der Waals surface area contributed by atoms with Gasteiger partial charge in [-0.1, -0.05) is 33.6 Å². The fourth-order valence-corrected chi connectivity index (χ4v) is 2.63. The molecule has 0 spiro atoms. The summed E-state index contributed by atoms with van der Waals surface area (Å²) >= 11 is 9.65. The van der Waals surface area contributed by atoms with Crippen molar-refractivity contribution < 1.29 is 4.74 Å². The van der Waals surface area contributed by atoms with Gasteiger partial charge >= 0.3 is 0 Å². The van der Waals surface area contributed by atoms with E-state index in [0.717, 1.165) is 42.0 Å². The number of rotatable bonds is 8. The molecular weight excluding hydrogens is 314 g/mol. The summed E-state index contributed by atoms with van der Waals surface area (Å²) in [6, 6.07) is 6.51. The van der Waals surface area contributed by atoms with Gasteiger partial charge in [0.15, 0.2) is 0 Å². The highest BCUT2D eigenvalue weighted by Gasteiger charge is 2.09. The lowest BCUT2D eigenvalue weighted by molar-refractivity contribution is 0.141. The Bertz CT molecular complexity index is 360. The Labute approximate surface area is 123 Å². The Kier molecular flexibility index (Phi) is 7.91. The average molecular weight is 335 g/mol. The number of hydrogen-bond donors (Lipinski definition) is 1. The fourth-order valence-electron chi connectivity index (χ4n) is 1.88. The first kappa shape index (κ1) is 16.0. The Morgan fingerprint density at radius 3 is 2.83 bits per heavy atom. The molecule has 0 saturated heterocycles. The van der Waals surface area contributed by atoms with Crippen molar-refractivity contribution in [3.05, 3.63) is 33.3 Å². The number of nitrogens with one attached hydrogen (secondary N) is 1. The Balaban J connectivity index is 2.46. The second-order valence-corrected chi connectivity index (χ2v) is 5.59. The smallest absolute Gasteiger partial charge is 0.0466 e. The summed E-state index contributed by atoms with van der Waals surface area (Å²) in [5, 5.41) is 4.17. The molecule has 0 bridgehead atoms. The number of halogens is 2. The van der Waals surface area contributed by atoms with Gasteiger partial charge in [0.1, 0.15) is 0 Å². The van der Waals surface area contributed by atoms with Crippen LogP contribution in [0.5, 0.6) is 0 Å². The fraction of sp³-hybridized carbons (Fsp3) is 0.571. The minimum absolute atomic E-state index is 0.448. The van der Waals surface area contributed by atoms with Crippen molar-refractivity contribution in [1.29, 1.82) is 0 Å². The summed E-state index contributed by atoms with van der Waals surface area (Å²) in [5.74, 6) is 0. The maximum atomic E-state index is 6.23. The quantitative estimate of drug-likeness (QED) is 0.724. The molecule has 18 heavy (non-hydrogen) atoms. The second kappa shape index (κ2) is 8.92. The van der Waals surface area contributed by atoms with E-state index < -0.39 is 0 Å². The molecule has 1 aromatic carbocycles. The molecule has 0 aliphatic rings. The second-order valence-electron chi connectivity index (χ2n) is 4.26. The molecule has 102 valence electrons. The molecule has 1 atom stereocenters. The molecule has 0 aliphatic heterocycles. The molecule has 1 N–H and O–H groups in total. The summed E-state index contributed by atoms with van der Waals surface area (Å²) < 4.78 is 6.38. The minimum atomic E-state index is 0.448. The third-order valence-corrected chi connectivity index (χ3v) is 3.78. The van der Waals surface area contributed by atoms with Gasteiger partial charge in [0.2, 0.25) is 0 Å². The van der Waals surface area contributed by atoms with E-state index >= 15 is 0 Å². The van der Waals surface area contributed by atoms with E-state index in [1.165, 1.54) is 5.56 Å². The molecule has 1 rings (SSSR count). The van der Waals surface area contributed by atoms with Crippen LogP contribution in [0.1, 0.15) is 25.3 Å². The molecule has 0 fully saturated rings. The van der Waals surface area contributed by atoms with Gasteiger partial charge in [-0.25, -0.2) is 0 Å². The zero-order chi connectivity index (χ0) is 13.4. The number of likely N-dealkylation sites (N-methyl/N-ethyl adjacent to an activating group) is 1. The van der Waals surface area contributed by atoms with Gasteiger partial charge in [0.25, 0.3) is 0 Å². The molecule has 1 aromatic rings. The van der Waals surface area contributed by atoms with E-state index in [1.807, 2.05) is 26.1 Å². The Morgan fingerprint density at radius 1 is 1.44 bits per heavy atom. The molecule has 0 aliphatic carbocycles. The van der Waals surface area contributed by atoms with Crippen LogP contribution in [-0.2, 0) is 11.2 Å². The van der Waals surface area contributed by atoms with Crippen molar-refractivity contribution in [2.75, 3.05) is 20.3 Å². The van der Waals surface area contributed by atoms with Crippen LogP contribution in [0.3, 0.4) is 0 Å². The first-order valence-corrected chi connectivity index (χ1v) is 7.53. The predicted molar refractivity (Wildman–Crippen MR) is 81.4 cm³/mol.